The third-order valence-electron chi connectivity index (χ3n) is 3.60. The first-order valence-corrected chi connectivity index (χ1v) is 10.1. The molecule has 0 aliphatic heterocycles. The molecule has 2 rings (SSSR count). The summed E-state index contributed by atoms with van der Waals surface area (Å²) < 4.78 is 26.7. The number of hydrogen-bond acceptors (Lipinski definition) is 5. The van der Waals surface area contributed by atoms with Gasteiger partial charge in [0.25, 0.3) is 11.5 Å². The van der Waals surface area contributed by atoms with Crippen molar-refractivity contribution in [2.75, 3.05) is 11.0 Å². The predicted molar refractivity (Wildman–Crippen MR) is 99.6 cm³/mol. The van der Waals surface area contributed by atoms with Crippen LogP contribution in [0.15, 0.2) is 41.2 Å². The van der Waals surface area contributed by atoms with Crippen LogP contribution < -0.4 is 15.6 Å². The normalized spacial score (nSPS) is 12.4. The van der Waals surface area contributed by atoms with Gasteiger partial charge in [-0.05, 0) is 31.0 Å². The van der Waals surface area contributed by atoms with Gasteiger partial charge in [0.1, 0.15) is 5.69 Å². The lowest BCUT2D eigenvalue weighted by Crippen LogP contribution is -2.31. The maximum absolute atomic E-state index is 12.5. The molecule has 1 amide bonds. The molecule has 0 saturated carbocycles. The van der Waals surface area contributed by atoms with E-state index >= 15 is 0 Å². The number of hydrogen-bond donors (Lipinski definition) is 2. The Morgan fingerprint density at radius 2 is 1.92 bits per heavy atom. The minimum Gasteiger partial charge on any atom is -0.344 e. The second kappa shape index (κ2) is 8.13. The number of sulfonamides is 1. The van der Waals surface area contributed by atoms with E-state index in [1.165, 1.54) is 16.8 Å². The van der Waals surface area contributed by atoms with Gasteiger partial charge in [-0.3, -0.25) is 14.3 Å². The number of para-hydroxylation sites is 1. The fourth-order valence-corrected chi connectivity index (χ4v) is 3.04. The van der Waals surface area contributed by atoms with Gasteiger partial charge in [0.05, 0.1) is 18.0 Å². The number of benzene rings is 1. The summed E-state index contributed by atoms with van der Waals surface area (Å²) in [6, 6.07) is 9.02. The first-order chi connectivity index (χ1) is 12.2. The molecule has 2 aromatic rings. The van der Waals surface area contributed by atoms with Crippen LogP contribution in [0.25, 0.3) is 0 Å². The number of carbonyl (C=O) groups excluding carboxylic acids is 1. The van der Waals surface area contributed by atoms with Gasteiger partial charge in [0, 0.05) is 12.6 Å². The molecule has 140 valence electrons. The molecule has 9 heteroatoms. The Morgan fingerprint density at radius 1 is 1.23 bits per heavy atom. The molecule has 0 radical (unpaired) electrons. The van der Waals surface area contributed by atoms with Crippen LogP contribution in [0.1, 0.15) is 42.4 Å². The van der Waals surface area contributed by atoms with Crippen LogP contribution in [-0.2, 0) is 16.6 Å². The van der Waals surface area contributed by atoms with Crippen LogP contribution in [0.2, 0.25) is 0 Å². The molecule has 0 aliphatic rings. The minimum atomic E-state index is -3.44. The van der Waals surface area contributed by atoms with E-state index in [9.17, 15) is 18.0 Å². The van der Waals surface area contributed by atoms with E-state index in [1.54, 1.807) is 31.2 Å². The average molecular weight is 378 g/mol. The van der Waals surface area contributed by atoms with Crippen LogP contribution >= 0.6 is 0 Å². The van der Waals surface area contributed by atoms with Crippen molar-refractivity contribution in [3.63, 3.8) is 0 Å². The number of aromatic nitrogens is 2. The van der Waals surface area contributed by atoms with Crippen LogP contribution in [0.5, 0.6) is 0 Å². The van der Waals surface area contributed by atoms with Crippen molar-refractivity contribution in [1.82, 2.24) is 15.1 Å². The molecule has 1 aromatic carbocycles. The van der Waals surface area contributed by atoms with E-state index in [-0.39, 0.29) is 11.3 Å². The van der Waals surface area contributed by atoms with Crippen LogP contribution in [-0.4, -0.2) is 30.4 Å². The van der Waals surface area contributed by atoms with Crippen LogP contribution in [0, 0.1) is 0 Å². The van der Waals surface area contributed by atoms with Crippen molar-refractivity contribution in [3.05, 3.63) is 58.0 Å². The summed E-state index contributed by atoms with van der Waals surface area (Å²) in [5.74, 6) is -0.448. The molecule has 2 N–H and O–H groups in total. The Morgan fingerprint density at radius 3 is 2.58 bits per heavy atom. The second-order valence-electron chi connectivity index (χ2n) is 5.94. The van der Waals surface area contributed by atoms with Gasteiger partial charge < -0.3 is 5.32 Å². The molecule has 26 heavy (non-hydrogen) atoms. The lowest BCUT2D eigenvalue weighted by molar-refractivity contribution is 0.0932. The van der Waals surface area contributed by atoms with E-state index in [0.29, 0.717) is 17.8 Å². The molecule has 8 nitrogen and oxygen atoms in total. The third kappa shape index (κ3) is 5.16. The molecule has 1 atom stereocenters. The Balaban J connectivity index is 2.23. The van der Waals surface area contributed by atoms with Gasteiger partial charge in [-0.2, -0.15) is 5.10 Å². The molecule has 0 spiro atoms. The van der Waals surface area contributed by atoms with Gasteiger partial charge in [0.2, 0.25) is 10.0 Å². The van der Waals surface area contributed by atoms with E-state index < -0.39 is 22.0 Å². The molecular weight excluding hydrogens is 356 g/mol. The topological polar surface area (TPSA) is 110 Å². The van der Waals surface area contributed by atoms with Crippen molar-refractivity contribution < 1.29 is 13.2 Å². The molecule has 1 aromatic heterocycles. The molecule has 0 fully saturated rings. The number of aryl methyl sites for hydroxylation is 1. The Labute approximate surface area is 152 Å². The van der Waals surface area contributed by atoms with Crippen molar-refractivity contribution in [1.29, 1.82) is 0 Å². The summed E-state index contributed by atoms with van der Waals surface area (Å²) in [6.07, 6.45) is 1.78. The maximum atomic E-state index is 12.5. The molecular formula is C17H22N4O4S. The number of anilines is 1. The maximum Gasteiger partial charge on any atom is 0.272 e. The lowest BCUT2D eigenvalue weighted by Gasteiger charge is -2.18. The smallest absolute Gasteiger partial charge is 0.272 e. The van der Waals surface area contributed by atoms with Gasteiger partial charge >= 0.3 is 0 Å². The largest absolute Gasteiger partial charge is 0.344 e. The number of nitrogens with zero attached hydrogens (tertiary/aromatic N) is 2. The van der Waals surface area contributed by atoms with E-state index in [4.69, 9.17) is 0 Å². The highest BCUT2D eigenvalue weighted by Crippen LogP contribution is 2.23. The first-order valence-electron chi connectivity index (χ1n) is 8.17. The highest BCUT2D eigenvalue weighted by atomic mass is 32.2. The summed E-state index contributed by atoms with van der Waals surface area (Å²) in [6.45, 7) is 4.08. The highest BCUT2D eigenvalue weighted by Gasteiger charge is 2.17. The molecule has 0 saturated heterocycles. The molecule has 0 bridgehead atoms. The second-order valence-corrected chi connectivity index (χ2v) is 7.69. The number of amides is 1. The number of rotatable bonds is 7. The summed E-state index contributed by atoms with van der Waals surface area (Å²) in [7, 11) is -3.44. The zero-order chi connectivity index (χ0) is 19.3. The molecule has 1 heterocycles. The fourth-order valence-electron chi connectivity index (χ4n) is 2.46. The van der Waals surface area contributed by atoms with Crippen molar-refractivity contribution in [2.24, 2.45) is 0 Å². The van der Waals surface area contributed by atoms with Crippen molar-refractivity contribution in [2.45, 2.75) is 32.9 Å². The molecule has 0 aliphatic carbocycles. The van der Waals surface area contributed by atoms with Crippen molar-refractivity contribution in [3.8, 4) is 0 Å². The summed E-state index contributed by atoms with van der Waals surface area (Å²) in [4.78, 5) is 24.2. The minimum absolute atomic E-state index is 0.124. The number of nitrogens with one attached hydrogen (secondary N) is 2. The Bertz CT molecular complexity index is 953. The van der Waals surface area contributed by atoms with Crippen LogP contribution in [0.3, 0.4) is 0 Å². The summed E-state index contributed by atoms with van der Waals surface area (Å²) >= 11 is 0. The van der Waals surface area contributed by atoms with Crippen molar-refractivity contribution >= 4 is 21.6 Å². The van der Waals surface area contributed by atoms with Gasteiger partial charge in [-0.15, -0.1) is 0 Å². The van der Waals surface area contributed by atoms with E-state index in [0.717, 1.165) is 12.7 Å². The third-order valence-corrected chi connectivity index (χ3v) is 4.20. The average Bonchev–Trinajstić information content (AvgIpc) is 2.56. The summed E-state index contributed by atoms with van der Waals surface area (Å²) in [5, 5.41) is 6.85. The Hall–Kier alpha value is -2.68. The number of carbonyl (C=O) groups is 1. The Kier molecular flexibility index (Phi) is 6.14. The van der Waals surface area contributed by atoms with Gasteiger partial charge in [-0.1, -0.05) is 25.1 Å². The van der Waals surface area contributed by atoms with Gasteiger partial charge in [-0.25, -0.2) is 13.1 Å². The highest BCUT2D eigenvalue weighted by molar-refractivity contribution is 7.92. The predicted octanol–water partition coefficient (Wildman–Crippen LogP) is 1.52. The van der Waals surface area contributed by atoms with E-state index in [1.807, 2.05) is 6.92 Å². The molecule has 1 unspecified atom stereocenters. The van der Waals surface area contributed by atoms with Crippen LogP contribution in [0.4, 0.5) is 5.69 Å². The van der Waals surface area contributed by atoms with Gasteiger partial charge in [0.15, 0.2) is 0 Å². The SMILES string of the molecule is CCCn1nc(C(=O)NC(C)c2ccccc2NS(C)(=O)=O)ccc1=O. The zero-order valence-corrected chi connectivity index (χ0v) is 15.7. The fraction of sp³-hybridized carbons (Fsp3) is 0.353. The lowest BCUT2D eigenvalue weighted by atomic mass is 10.1. The first kappa shape index (κ1) is 19.6. The standard InChI is InChI=1S/C17H22N4O4S/c1-4-11-21-16(22)10-9-15(19-21)17(23)18-12(2)13-7-5-6-8-14(13)20-26(3,24)25/h5-10,12,20H,4,11H2,1-3H3,(H,18,23). The zero-order valence-electron chi connectivity index (χ0n) is 14.9. The quantitative estimate of drug-likeness (QED) is 0.759. The summed E-state index contributed by atoms with van der Waals surface area (Å²) in [5.41, 5.74) is 0.873. The van der Waals surface area contributed by atoms with E-state index in [2.05, 4.69) is 15.1 Å². The monoisotopic (exact) mass is 378 g/mol.